The zero-order valence-electron chi connectivity index (χ0n) is 14.8. The number of nitrogens with one attached hydrogen (secondary N) is 1. The maximum absolute atomic E-state index is 12.4. The summed E-state index contributed by atoms with van der Waals surface area (Å²) in [7, 11) is 2.54. The molecule has 0 unspecified atom stereocenters. The third-order valence-electron chi connectivity index (χ3n) is 4.02. The zero-order chi connectivity index (χ0) is 18.7. The molecule has 0 amide bonds. The molecular weight excluding hydrogens is 334 g/mol. The molecule has 0 radical (unpaired) electrons. The quantitative estimate of drug-likeness (QED) is 0.851. The second-order valence-electron chi connectivity index (χ2n) is 5.55. The van der Waals surface area contributed by atoms with Gasteiger partial charge in [0.1, 0.15) is 11.5 Å². The highest BCUT2D eigenvalue weighted by atomic mass is 16.5. The number of allylic oxidation sites excluding steroid dienone is 2. The number of benzene rings is 1. The van der Waals surface area contributed by atoms with E-state index in [4.69, 9.17) is 9.47 Å². The number of rotatable bonds is 4. The first kappa shape index (κ1) is 17.5. The standard InChI is InChI=1S/C19H19N3O4/c1-4-16-20-14-9-8-12(11-15(14)21-16)22-10-6-5-7-13(18(23)25-2)17(22)19(24)26-3/h5-11H,4H2,1-3H3,(H,20,21). The predicted molar refractivity (Wildman–Crippen MR) is 97.3 cm³/mol. The number of hydrogen-bond acceptors (Lipinski definition) is 6. The molecule has 3 rings (SSSR count). The number of carbonyl (C=O) groups excluding carboxylic acids is 2. The highest BCUT2D eigenvalue weighted by Crippen LogP contribution is 2.28. The molecule has 0 fully saturated rings. The molecule has 1 aromatic heterocycles. The highest BCUT2D eigenvalue weighted by Gasteiger charge is 2.27. The number of methoxy groups -OCH3 is 2. The van der Waals surface area contributed by atoms with Crippen LogP contribution in [-0.4, -0.2) is 36.1 Å². The van der Waals surface area contributed by atoms with Gasteiger partial charge in [0.05, 0.1) is 30.8 Å². The lowest BCUT2D eigenvalue weighted by Crippen LogP contribution is -2.26. The monoisotopic (exact) mass is 353 g/mol. The lowest BCUT2D eigenvalue weighted by molar-refractivity contribution is -0.139. The average molecular weight is 353 g/mol. The number of esters is 2. The van der Waals surface area contributed by atoms with Crippen LogP contribution in [0.25, 0.3) is 11.0 Å². The molecule has 0 aliphatic carbocycles. The van der Waals surface area contributed by atoms with E-state index in [9.17, 15) is 9.59 Å². The minimum Gasteiger partial charge on any atom is -0.465 e. The van der Waals surface area contributed by atoms with Gasteiger partial charge < -0.3 is 19.4 Å². The van der Waals surface area contributed by atoms with Crippen LogP contribution in [0, 0.1) is 0 Å². The van der Waals surface area contributed by atoms with Crippen LogP contribution in [0.4, 0.5) is 5.69 Å². The van der Waals surface area contributed by atoms with Crippen molar-refractivity contribution in [3.63, 3.8) is 0 Å². The lowest BCUT2D eigenvalue weighted by atomic mass is 10.1. The van der Waals surface area contributed by atoms with Crippen molar-refractivity contribution >= 4 is 28.7 Å². The third-order valence-corrected chi connectivity index (χ3v) is 4.02. The Balaban J connectivity index is 2.16. The molecule has 1 aliphatic heterocycles. The van der Waals surface area contributed by atoms with Crippen molar-refractivity contribution in [2.24, 2.45) is 0 Å². The lowest BCUT2D eigenvalue weighted by Gasteiger charge is -2.23. The van der Waals surface area contributed by atoms with E-state index < -0.39 is 11.9 Å². The number of anilines is 1. The van der Waals surface area contributed by atoms with Gasteiger partial charge in [-0.05, 0) is 30.4 Å². The Morgan fingerprint density at radius 2 is 1.92 bits per heavy atom. The van der Waals surface area contributed by atoms with Gasteiger partial charge in [-0.25, -0.2) is 14.6 Å². The first-order valence-electron chi connectivity index (χ1n) is 8.12. The van der Waals surface area contributed by atoms with Crippen LogP contribution in [0.1, 0.15) is 12.7 Å². The molecule has 1 N–H and O–H groups in total. The maximum atomic E-state index is 12.4. The molecule has 0 atom stereocenters. The predicted octanol–water partition coefficient (Wildman–Crippen LogP) is 2.62. The van der Waals surface area contributed by atoms with Gasteiger partial charge in [0, 0.05) is 18.3 Å². The van der Waals surface area contributed by atoms with Crippen LogP contribution in [0.5, 0.6) is 0 Å². The summed E-state index contributed by atoms with van der Waals surface area (Å²) in [6, 6.07) is 5.56. The van der Waals surface area contributed by atoms with Gasteiger partial charge in [-0.15, -0.1) is 0 Å². The molecule has 134 valence electrons. The molecule has 7 heteroatoms. The van der Waals surface area contributed by atoms with Crippen LogP contribution in [-0.2, 0) is 25.5 Å². The summed E-state index contributed by atoms with van der Waals surface area (Å²) in [5, 5.41) is 0. The summed E-state index contributed by atoms with van der Waals surface area (Å²) < 4.78 is 9.71. The van der Waals surface area contributed by atoms with E-state index in [1.807, 2.05) is 25.1 Å². The average Bonchev–Trinajstić information content (AvgIpc) is 2.96. The smallest absolute Gasteiger partial charge is 0.355 e. The number of aromatic nitrogens is 2. The summed E-state index contributed by atoms with van der Waals surface area (Å²) >= 11 is 0. The van der Waals surface area contributed by atoms with E-state index in [-0.39, 0.29) is 11.3 Å². The zero-order valence-corrected chi connectivity index (χ0v) is 14.8. The van der Waals surface area contributed by atoms with Crippen molar-refractivity contribution in [3.8, 4) is 0 Å². The molecule has 26 heavy (non-hydrogen) atoms. The van der Waals surface area contributed by atoms with E-state index in [1.54, 1.807) is 23.3 Å². The highest BCUT2D eigenvalue weighted by molar-refractivity contribution is 6.05. The number of aromatic amines is 1. The van der Waals surface area contributed by atoms with Gasteiger partial charge >= 0.3 is 11.9 Å². The summed E-state index contributed by atoms with van der Waals surface area (Å²) in [5.41, 5.74) is 2.56. The molecule has 0 saturated heterocycles. The number of aryl methyl sites for hydroxylation is 1. The second kappa shape index (κ2) is 7.26. The molecule has 1 aliphatic rings. The molecule has 0 bridgehead atoms. The van der Waals surface area contributed by atoms with Crippen molar-refractivity contribution in [1.29, 1.82) is 0 Å². The number of ether oxygens (including phenoxy) is 2. The Bertz CT molecular complexity index is 953. The molecule has 2 heterocycles. The molecule has 0 saturated carbocycles. The summed E-state index contributed by atoms with van der Waals surface area (Å²) in [6.07, 6.45) is 7.40. The minimum atomic E-state index is -0.638. The Morgan fingerprint density at radius 3 is 2.62 bits per heavy atom. The topological polar surface area (TPSA) is 84.5 Å². The normalized spacial score (nSPS) is 13.9. The van der Waals surface area contributed by atoms with Crippen molar-refractivity contribution in [1.82, 2.24) is 9.97 Å². The Hall–Kier alpha value is -3.35. The van der Waals surface area contributed by atoms with Crippen LogP contribution in [0.3, 0.4) is 0 Å². The van der Waals surface area contributed by atoms with Crippen LogP contribution in [0.2, 0.25) is 0 Å². The van der Waals surface area contributed by atoms with E-state index in [2.05, 4.69) is 9.97 Å². The van der Waals surface area contributed by atoms with Gasteiger partial charge in [0.2, 0.25) is 0 Å². The molecule has 7 nitrogen and oxygen atoms in total. The number of carbonyl (C=O) groups is 2. The van der Waals surface area contributed by atoms with Gasteiger partial charge in [-0.3, -0.25) is 0 Å². The molecule has 2 aromatic rings. The molecule has 0 spiro atoms. The number of fused-ring (bicyclic) bond motifs is 1. The SMILES string of the molecule is CCc1nc2ccc(N3C=CC=CC(C(=O)OC)=C3C(=O)OC)cc2[nH]1. The van der Waals surface area contributed by atoms with E-state index in [0.29, 0.717) is 5.69 Å². The Kier molecular flexibility index (Phi) is 4.88. The number of nitrogens with zero attached hydrogens (tertiary/aromatic N) is 2. The van der Waals surface area contributed by atoms with Gasteiger partial charge in [-0.2, -0.15) is 0 Å². The fourth-order valence-electron chi connectivity index (χ4n) is 2.73. The van der Waals surface area contributed by atoms with Gasteiger partial charge in [-0.1, -0.05) is 13.0 Å². The summed E-state index contributed by atoms with van der Waals surface area (Å²) in [5.74, 6) is -0.379. The molecular formula is C19H19N3O4. The van der Waals surface area contributed by atoms with Crippen LogP contribution < -0.4 is 4.90 Å². The van der Waals surface area contributed by atoms with Crippen molar-refractivity contribution in [3.05, 3.63) is 59.7 Å². The first-order valence-corrected chi connectivity index (χ1v) is 8.12. The maximum Gasteiger partial charge on any atom is 0.355 e. The largest absolute Gasteiger partial charge is 0.465 e. The minimum absolute atomic E-state index is 0.0823. The van der Waals surface area contributed by atoms with Gasteiger partial charge in [0.15, 0.2) is 0 Å². The second-order valence-corrected chi connectivity index (χ2v) is 5.55. The fraction of sp³-hybridized carbons (Fsp3) is 0.211. The number of hydrogen-bond donors (Lipinski definition) is 1. The van der Waals surface area contributed by atoms with Crippen molar-refractivity contribution < 1.29 is 19.1 Å². The van der Waals surface area contributed by atoms with Crippen molar-refractivity contribution in [2.45, 2.75) is 13.3 Å². The third kappa shape index (κ3) is 3.11. The Morgan fingerprint density at radius 1 is 1.15 bits per heavy atom. The molecule has 1 aromatic carbocycles. The number of imidazole rings is 1. The summed E-state index contributed by atoms with van der Waals surface area (Å²) in [4.78, 5) is 33.9. The Labute approximate surface area is 150 Å². The van der Waals surface area contributed by atoms with Crippen LogP contribution in [0.15, 0.2) is 53.9 Å². The van der Waals surface area contributed by atoms with E-state index in [1.165, 1.54) is 20.3 Å². The summed E-state index contributed by atoms with van der Waals surface area (Å²) in [6.45, 7) is 2.02. The van der Waals surface area contributed by atoms with E-state index >= 15 is 0 Å². The number of H-pyrrole nitrogens is 1. The van der Waals surface area contributed by atoms with Crippen molar-refractivity contribution in [2.75, 3.05) is 19.1 Å². The fourth-order valence-corrected chi connectivity index (χ4v) is 2.73. The van der Waals surface area contributed by atoms with E-state index in [0.717, 1.165) is 23.3 Å². The first-order chi connectivity index (χ1) is 12.6. The van der Waals surface area contributed by atoms with Crippen LogP contribution >= 0.6 is 0 Å². The van der Waals surface area contributed by atoms with Gasteiger partial charge in [0.25, 0.3) is 0 Å².